The Bertz CT molecular complexity index is 241. The van der Waals surface area contributed by atoms with Gasteiger partial charge in [-0.05, 0) is 26.0 Å². The Morgan fingerprint density at radius 1 is 1.50 bits per heavy atom. The van der Waals surface area contributed by atoms with Crippen LogP contribution in [-0.4, -0.2) is 18.7 Å². The Hall–Kier alpha value is -1.51. The van der Waals surface area contributed by atoms with Crippen LogP contribution >= 0.6 is 0 Å². The molecule has 0 aromatic heterocycles. The molecular formula is C11H16O3. The molecule has 14 heavy (non-hydrogen) atoms. The number of hydrogen-bond acceptors (Lipinski definition) is 3. The number of allylic oxidation sites excluding steroid dienone is 3. The van der Waals surface area contributed by atoms with Gasteiger partial charge >= 0.3 is 5.97 Å². The highest BCUT2D eigenvalue weighted by molar-refractivity contribution is 5.74. The maximum absolute atomic E-state index is 11.2. The second-order valence-corrected chi connectivity index (χ2v) is 2.52. The SMILES string of the molecule is C=C/C=C(\C=C)OC(C)C(=O)OCC. The van der Waals surface area contributed by atoms with E-state index in [0.717, 1.165) is 0 Å². The van der Waals surface area contributed by atoms with E-state index < -0.39 is 6.10 Å². The summed E-state index contributed by atoms with van der Waals surface area (Å²) in [6.07, 6.45) is 4.08. The number of esters is 1. The number of rotatable bonds is 6. The van der Waals surface area contributed by atoms with Gasteiger partial charge in [-0.15, -0.1) is 0 Å². The zero-order chi connectivity index (χ0) is 11.0. The van der Waals surface area contributed by atoms with Gasteiger partial charge in [-0.1, -0.05) is 19.2 Å². The molecule has 3 heteroatoms. The molecule has 0 spiro atoms. The predicted octanol–water partition coefficient (Wildman–Crippen LogP) is 2.21. The molecule has 0 saturated heterocycles. The van der Waals surface area contributed by atoms with Gasteiger partial charge in [0.15, 0.2) is 6.10 Å². The molecule has 0 heterocycles. The standard InChI is InChI=1S/C11H16O3/c1-5-8-10(6-2)14-9(4)11(12)13-7-3/h5-6,8-9H,1-2,7H2,3-4H3/b10-8+. The van der Waals surface area contributed by atoms with Crippen molar-refractivity contribution in [2.75, 3.05) is 6.61 Å². The topological polar surface area (TPSA) is 35.5 Å². The Kier molecular flexibility index (Phi) is 6.20. The summed E-state index contributed by atoms with van der Waals surface area (Å²) in [5.41, 5.74) is 0. The number of carbonyl (C=O) groups is 1. The third kappa shape index (κ3) is 4.50. The van der Waals surface area contributed by atoms with E-state index in [1.807, 2.05) is 0 Å². The van der Waals surface area contributed by atoms with Crippen LogP contribution in [0.4, 0.5) is 0 Å². The van der Waals surface area contributed by atoms with Crippen molar-refractivity contribution in [1.29, 1.82) is 0 Å². The van der Waals surface area contributed by atoms with Crippen molar-refractivity contribution >= 4 is 5.97 Å². The van der Waals surface area contributed by atoms with Crippen LogP contribution in [0, 0.1) is 0 Å². The monoisotopic (exact) mass is 196 g/mol. The molecule has 0 radical (unpaired) electrons. The fraction of sp³-hybridized carbons (Fsp3) is 0.364. The molecule has 0 aliphatic rings. The van der Waals surface area contributed by atoms with Gasteiger partial charge in [0, 0.05) is 0 Å². The van der Waals surface area contributed by atoms with E-state index in [0.29, 0.717) is 12.4 Å². The highest BCUT2D eigenvalue weighted by Gasteiger charge is 2.15. The highest BCUT2D eigenvalue weighted by Crippen LogP contribution is 2.05. The summed E-state index contributed by atoms with van der Waals surface area (Å²) in [4.78, 5) is 11.2. The van der Waals surface area contributed by atoms with Crippen LogP contribution in [0.15, 0.2) is 37.1 Å². The number of hydrogen-bond donors (Lipinski definition) is 0. The quantitative estimate of drug-likeness (QED) is 0.371. The van der Waals surface area contributed by atoms with Gasteiger partial charge in [0.1, 0.15) is 5.76 Å². The highest BCUT2D eigenvalue weighted by atomic mass is 16.6. The minimum Gasteiger partial charge on any atom is -0.479 e. The summed E-state index contributed by atoms with van der Waals surface area (Å²) in [5.74, 6) is 0.116. The maximum atomic E-state index is 11.2. The van der Waals surface area contributed by atoms with E-state index in [9.17, 15) is 4.79 Å². The van der Waals surface area contributed by atoms with E-state index in [2.05, 4.69) is 13.2 Å². The van der Waals surface area contributed by atoms with Crippen molar-refractivity contribution in [3.8, 4) is 0 Å². The largest absolute Gasteiger partial charge is 0.479 e. The second kappa shape index (κ2) is 6.95. The molecule has 0 aliphatic carbocycles. The Balaban J connectivity index is 4.21. The van der Waals surface area contributed by atoms with Gasteiger partial charge in [-0.25, -0.2) is 4.79 Å². The molecule has 0 amide bonds. The first-order valence-corrected chi connectivity index (χ1v) is 4.44. The summed E-state index contributed by atoms with van der Waals surface area (Å²) in [6, 6.07) is 0. The zero-order valence-electron chi connectivity index (χ0n) is 8.66. The van der Waals surface area contributed by atoms with Gasteiger partial charge < -0.3 is 9.47 Å². The van der Waals surface area contributed by atoms with Crippen LogP contribution < -0.4 is 0 Å². The Morgan fingerprint density at radius 3 is 2.57 bits per heavy atom. The average molecular weight is 196 g/mol. The lowest BCUT2D eigenvalue weighted by atomic mass is 10.4. The zero-order valence-corrected chi connectivity index (χ0v) is 8.66. The third-order valence-corrected chi connectivity index (χ3v) is 1.41. The second-order valence-electron chi connectivity index (χ2n) is 2.52. The van der Waals surface area contributed by atoms with E-state index in [-0.39, 0.29) is 5.97 Å². The molecule has 0 aliphatic heterocycles. The van der Waals surface area contributed by atoms with Crippen molar-refractivity contribution in [3.05, 3.63) is 37.1 Å². The summed E-state index contributed by atoms with van der Waals surface area (Å²) in [5, 5.41) is 0. The molecule has 1 unspecified atom stereocenters. The van der Waals surface area contributed by atoms with Crippen LogP contribution in [0.5, 0.6) is 0 Å². The van der Waals surface area contributed by atoms with Crippen molar-refractivity contribution in [2.45, 2.75) is 20.0 Å². The van der Waals surface area contributed by atoms with E-state index in [1.54, 1.807) is 26.0 Å². The van der Waals surface area contributed by atoms with Crippen molar-refractivity contribution < 1.29 is 14.3 Å². The van der Waals surface area contributed by atoms with Crippen LogP contribution in [0.2, 0.25) is 0 Å². The van der Waals surface area contributed by atoms with E-state index >= 15 is 0 Å². The predicted molar refractivity (Wildman–Crippen MR) is 55.7 cm³/mol. The van der Waals surface area contributed by atoms with Crippen LogP contribution in [0.1, 0.15) is 13.8 Å². The van der Waals surface area contributed by atoms with Gasteiger partial charge in [0.2, 0.25) is 0 Å². The first kappa shape index (κ1) is 12.5. The lowest BCUT2D eigenvalue weighted by molar-refractivity contribution is -0.152. The van der Waals surface area contributed by atoms with Crippen LogP contribution in [0.3, 0.4) is 0 Å². The average Bonchev–Trinajstić information content (AvgIpc) is 2.17. The summed E-state index contributed by atoms with van der Waals surface area (Å²) < 4.78 is 10.0. The first-order chi connectivity index (χ1) is 6.65. The van der Waals surface area contributed by atoms with Crippen LogP contribution in [-0.2, 0) is 14.3 Å². The summed E-state index contributed by atoms with van der Waals surface area (Å²) in [7, 11) is 0. The lowest BCUT2D eigenvalue weighted by Crippen LogP contribution is -2.22. The van der Waals surface area contributed by atoms with E-state index in [4.69, 9.17) is 9.47 Å². The molecule has 0 saturated carbocycles. The minimum absolute atomic E-state index is 0.348. The molecule has 0 aromatic carbocycles. The van der Waals surface area contributed by atoms with Gasteiger partial charge in [-0.3, -0.25) is 0 Å². The van der Waals surface area contributed by atoms with E-state index in [1.165, 1.54) is 6.08 Å². The molecule has 78 valence electrons. The Morgan fingerprint density at radius 2 is 2.14 bits per heavy atom. The molecule has 0 N–H and O–H groups in total. The molecular weight excluding hydrogens is 180 g/mol. The number of ether oxygens (including phenoxy) is 2. The van der Waals surface area contributed by atoms with Crippen LogP contribution in [0.25, 0.3) is 0 Å². The van der Waals surface area contributed by atoms with Crippen molar-refractivity contribution in [3.63, 3.8) is 0 Å². The van der Waals surface area contributed by atoms with Crippen molar-refractivity contribution in [2.24, 2.45) is 0 Å². The number of carbonyl (C=O) groups excluding carboxylic acids is 1. The third-order valence-electron chi connectivity index (χ3n) is 1.41. The van der Waals surface area contributed by atoms with Gasteiger partial charge in [0.25, 0.3) is 0 Å². The van der Waals surface area contributed by atoms with Gasteiger partial charge in [-0.2, -0.15) is 0 Å². The Labute approximate surface area is 84.7 Å². The first-order valence-electron chi connectivity index (χ1n) is 4.44. The molecule has 0 fully saturated rings. The molecule has 0 bridgehead atoms. The molecule has 3 nitrogen and oxygen atoms in total. The molecule has 0 aromatic rings. The summed E-state index contributed by atoms with van der Waals surface area (Å²) >= 11 is 0. The smallest absolute Gasteiger partial charge is 0.347 e. The fourth-order valence-electron chi connectivity index (χ4n) is 0.783. The van der Waals surface area contributed by atoms with Crippen molar-refractivity contribution in [1.82, 2.24) is 0 Å². The molecule has 0 rings (SSSR count). The summed E-state index contributed by atoms with van der Waals surface area (Å²) in [6.45, 7) is 10.8. The molecule has 1 atom stereocenters. The fourth-order valence-corrected chi connectivity index (χ4v) is 0.783. The van der Waals surface area contributed by atoms with Gasteiger partial charge in [0.05, 0.1) is 6.61 Å². The maximum Gasteiger partial charge on any atom is 0.347 e. The normalized spacial score (nSPS) is 12.9. The lowest BCUT2D eigenvalue weighted by Gasteiger charge is -2.13. The minimum atomic E-state index is -0.626.